The number of carbonyl (C=O) groups is 2. The molecule has 0 saturated heterocycles. The largest absolute Gasteiger partial charge is 0.352 e. The summed E-state index contributed by atoms with van der Waals surface area (Å²) in [7, 11) is 0. The third-order valence-corrected chi connectivity index (χ3v) is 7.63. The minimum atomic E-state index is -0.324. The summed E-state index contributed by atoms with van der Waals surface area (Å²) in [6.07, 6.45) is 7.17. The fourth-order valence-corrected chi connectivity index (χ4v) is 6.49. The summed E-state index contributed by atoms with van der Waals surface area (Å²) in [4.78, 5) is 25.6. The van der Waals surface area contributed by atoms with Crippen LogP contribution in [0.5, 0.6) is 0 Å². The smallest absolute Gasteiger partial charge is 0.255 e. The summed E-state index contributed by atoms with van der Waals surface area (Å²) in [5.41, 5.74) is 2.64. The highest BCUT2D eigenvalue weighted by atomic mass is 19.1. The van der Waals surface area contributed by atoms with Gasteiger partial charge < -0.3 is 10.6 Å². The van der Waals surface area contributed by atoms with Gasteiger partial charge in [0.05, 0.1) is 0 Å². The molecule has 0 unspecified atom stereocenters. The zero-order chi connectivity index (χ0) is 21.6. The normalized spacial score (nSPS) is 28.4. The van der Waals surface area contributed by atoms with Crippen molar-refractivity contribution in [1.82, 2.24) is 5.32 Å². The van der Waals surface area contributed by atoms with Gasteiger partial charge >= 0.3 is 0 Å². The Bertz CT molecular complexity index is 979. The van der Waals surface area contributed by atoms with E-state index in [9.17, 15) is 14.0 Å². The van der Waals surface area contributed by atoms with Gasteiger partial charge in [-0.3, -0.25) is 9.59 Å². The van der Waals surface area contributed by atoms with Gasteiger partial charge in [-0.2, -0.15) is 0 Å². The maximum atomic E-state index is 13.2. The molecule has 4 aliphatic carbocycles. The summed E-state index contributed by atoms with van der Waals surface area (Å²) in [6.45, 7) is 2.24. The number of hydrogen-bond acceptors (Lipinski definition) is 2. The molecule has 0 aliphatic heterocycles. The minimum Gasteiger partial charge on any atom is -0.352 e. The number of anilines is 1. The Balaban J connectivity index is 1.19. The SMILES string of the molecule is Cc1cc(F)ccc1NC(=O)c1ccc(CNC(=O)C23CC4CC(CC(C4)C2)C3)cc1. The van der Waals surface area contributed by atoms with Gasteiger partial charge in [-0.15, -0.1) is 0 Å². The van der Waals surface area contributed by atoms with Crippen LogP contribution < -0.4 is 10.6 Å². The number of halogens is 1. The van der Waals surface area contributed by atoms with Crippen molar-refractivity contribution < 1.29 is 14.0 Å². The first-order chi connectivity index (χ1) is 14.9. The molecule has 2 N–H and O–H groups in total. The molecule has 2 aromatic rings. The Morgan fingerprint density at radius 1 is 0.968 bits per heavy atom. The van der Waals surface area contributed by atoms with E-state index in [4.69, 9.17) is 0 Å². The second-order valence-electron chi connectivity index (χ2n) is 9.99. The Kier molecular flexibility index (Phi) is 5.07. The van der Waals surface area contributed by atoms with Crippen LogP contribution in [0, 0.1) is 35.9 Å². The second-order valence-corrected chi connectivity index (χ2v) is 9.99. The third-order valence-electron chi connectivity index (χ3n) is 7.63. The average molecular weight is 421 g/mol. The van der Waals surface area contributed by atoms with Crippen LogP contribution in [0.2, 0.25) is 0 Å². The van der Waals surface area contributed by atoms with E-state index < -0.39 is 0 Å². The molecular formula is C26H29FN2O2. The van der Waals surface area contributed by atoms with Gasteiger partial charge in [0.25, 0.3) is 5.91 Å². The van der Waals surface area contributed by atoms with E-state index in [0.29, 0.717) is 23.4 Å². The Hall–Kier alpha value is -2.69. The minimum absolute atomic E-state index is 0.137. The maximum absolute atomic E-state index is 13.2. The van der Waals surface area contributed by atoms with E-state index in [-0.39, 0.29) is 23.0 Å². The second kappa shape index (κ2) is 7.77. The molecule has 0 aromatic heterocycles. The van der Waals surface area contributed by atoms with E-state index in [0.717, 1.165) is 42.6 Å². The summed E-state index contributed by atoms with van der Waals surface area (Å²) in [6, 6.07) is 11.6. The van der Waals surface area contributed by atoms with Gasteiger partial charge in [-0.05, 0) is 105 Å². The molecule has 2 amide bonds. The molecule has 0 heterocycles. The first-order valence-corrected chi connectivity index (χ1v) is 11.3. The first kappa shape index (κ1) is 20.2. The lowest BCUT2D eigenvalue weighted by Gasteiger charge is -2.55. The molecule has 4 aliphatic rings. The van der Waals surface area contributed by atoms with Gasteiger partial charge in [-0.25, -0.2) is 4.39 Å². The van der Waals surface area contributed by atoms with Crippen LogP contribution in [0.15, 0.2) is 42.5 Å². The molecule has 4 nitrogen and oxygen atoms in total. The molecule has 162 valence electrons. The summed E-state index contributed by atoms with van der Waals surface area (Å²) < 4.78 is 13.2. The highest BCUT2D eigenvalue weighted by molar-refractivity contribution is 6.04. The van der Waals surface area contributed by atoms with E-state index in [2.05, 4.69) is 10.6 Å². The lowest BCUT2D eigenvalue weighted by Crippen LogP contribution is -2.53. The fraction of sp³-hybridized carbons (Fsp3) is 0.462. The molecule has 0 spiro atoms. The Morgan fingerprint density at radius 3 is 2.16 bits per heavy atom. The van der Waals surface area contributed by atoms with Gasteiger partial charge in [0.1, 0.15) is 5.82 Å². The quantitative estimate of drug-likeness (QED) is 0.697. The molecule has 5 heteroatoms. The van der Waals surface area contributed by atoms with Crippen molar-refractivity contribution in [3.63, 3.8) is 0 Å². The van der Waals surface area contributed by atoms with Crippen molar-refractivity contribution in [2.45, 2.75) is 52.0 Å². The summed E-state index contributed by atoms with van der Waals surface area (Å²) in [5.74, 6) is 1.91. The van der Waals surface area contributed by atoms with Crippen molar-refractivity contribution >= 4 is 17.5 Å². The topological polar surface area (TPSA) is 58.2 Å². The zero-order valence-electron chi connectivity index (χ0n) is 17.9. The van der Waals surface area contributed by atoms with E-state index in [1.165, 1.54) is 31.4 Å². The van der Waals surface area contributed by atoms with Crippen molar-refractivity contribution in [2.75, 3.05) is 5.32 Å². The van der Waals surface area contributed by atoms with E-state index in [1.807, 2.05) is 12.1 Å². The lowest BCUT2D eigenvalue weighted by molar-refractivity contribution is -0.146. The zero-order valence-corrected chi connectivity index (χ0v) is 17.9. The maximum Gasteiger partial charge on any atom is 0.255 e. The molecule has 2 aromatic carbocycles. The molecule has 6 rings (SSSR count). The lowest BCUT2D eigenvalue weighted by atomic mass is 9.49. The first-order valence-electron chi connectivity index (χ1n) is 11.3. The predicted octanol–water partition coefficient (Wildman–Crippen LogP) is 5.22. The van der Waals surface area contributed by atoms with Crippen LogP contribution in [-0.2, 0) is 11.3 Å². The van der Waals surface area contributed by atoms with E-state index in [1.54, 1.807) is 25.1 Å². The summed E-state index contributed by atoms with van der Waals surface area (Å²) >= 11 is 0. The molecule has 31 heavy (non-hydrogen) atoms. The highest BCUT2D eigenvalue weighted by Gasteiger charge is 2.54. The van der Waals surface area contributed by atoms with Crippen LogP contribution in [0.3, 0.4) is 0 Å². The Morgan fingerprint density at radius 2 is 1.58 bits per heavy atom. The van der Waals surface area contributed by atoms with Crippen LogP contribution in [0.4, 0.5) is 10.1 Å². The number of benzene rings is 2. The van der Waals surface area contributed by atoms with Crippen molar-refractivity contribution in [3.05, 3.63) is 65.0 Å². The van der Waals surface area contributed by atoms with Gasteiger partial charge in [-0.1, -0.05) is 12.1 Å². The molecular weight excluding hydrogens is 391 g/mol. The van der Waals surface area contributed by atoms with Gasteiger partial charge in [0, 0.05) is 23.2 Å². The monoisotopic (exact) mass is 420 g/mol. The van der Waals surface area contributed by atoms with Crippen molar-refractivity contribution in [2.24, 2.45) is 23.2 Å². The number of aryl methyl sites for hydroxylation is 1. The molecule has 0 atom stereocenters. The number of nitrogens with one attached hydrogen (secondary N) is 2. The highest BCUT2D eigenvalue weighted by Crippen LogP contribution is 2.60. The molecule has 4 saturated carbocycles. The Labute approximate surface area is 182 Å². The average Bonchev–Trinajstić information content (AvgIpc) is 2.73. The van der Waals surface area contributed by atoms with Gasteiger partial charge in [0.15, 0.2) is 0 Å². The fourth-order valence-electron chi connectivity index (χ4n) is 6.49. The third kappa shape index (κ3) is 3.98. The van der Waals surface area contributed by atoms with Crippen molar-refractivity contribution in [1.29, 1.82) is 0 Å². The molecule has 0 radical (unpaired) electrons. The molecule has 4 bridgehead atoms. The predicted molar refractivity (Wildman–Crippen MR) is 118 cm³/mol. The van der Waals surface area contributed by atoms with Crippen LogP contribution in [0.25, 0.3) is 0 Å². The standard InChI is InChI=1S/C26H29FN2O2/c1-16-8-22(27)6-7-23(16)29-24(30)21-4-2-17(3-5-21)15-28-25(31)26-12-18-9-19(13-26)11-20(10-18)14-26/h2-8,18-20H,9-15H2,1H3,(H,28,31)(H,29,30). The van der Waals surface area contributed by atoms with Crippen LogP contribution >= 0.6 is 0 Å². The van der Waals surface area contributed by atoms with Gasteiger partial charge in [0.2, 0.25) is 5.91 Å². The molecule has 4 fully saturated rings. The number of carbonyl (C=O) groups excluding carboxylic acids is 2. The number of amides is 2. The summed E-state index contributed by atoms with van der Waals surface area (Å²) in [5, 5.41) is 6.00. The number of rotatable bonds is 5. The van der Waals surface area contributed by atoms with E-state index >= 15 is 0 Å². The van der Waals surface area contributed by atoms with Crippen LogP contribution in [-0.4, -0.2) is 11.8 Å². The van der Waals surface area contributed by atoms with Crippen molar-refractivity contribution in [3.8, 4) is 0 Å². The van der Waals surface area contributed by atoms with Crippen LogP contribution in [0.1, 0.15) is 60.0 Å². The number of hydrogen-bond donors (Lipinski definition) is 2.